The van der Waals surface area contributed by atoms with Gasteiger partial charge in [-0.1, -0.05) is 0 Å². The Morgan fingerprint density at radius 2 is 2.05 bits per heavy atom. The maximum Gasteiger partial charge on any atom is 0.251 e. The van der Waals surface area contributed by atoms with Crippen LogP contribution < -0.4 is 10.5 Å². The number of nitrogens with two attached hydrogens (primary N) is 1. The van der Waals surface area contributed by atoms with Crippen molar-refractivity contribution in [3.8, 4) is 0 Å². The predicted octanol–water partition coefficient (Wildman–Crippen LogP) is 0.797. The van der Waals surface area contributed by atoms with E-state index in [4.69, 9.17) is 9.88 Å². The standard InChI is InChI=1S/C13H20N2O4S/c1-4-19-8-10(3)15-13(16)11-5-9(2)6-12(7-11)20(14,17)18/h5-7,10H,4,8H2,1-3H3,(H,15,16)(H2,14,17,18). The van der Waals surface area contributed by atoms with Crippen LogP contribution >= 0.6 is 0 Å². The Morgan fingerprint density at radius 3 is 2.60 bits per heavy atom. The molecule has 0 aliphatic carbocycles. The smallest absolute Gasteiger partial charge is 0.251 e. The molecule has 1 aromatic rings. The molecule has 3 N–H and O–H groups in total. The van der Waals surface area contributed by atoms with E-state index in [0.717, 1.165) is 0 Å². The van der Waals surface area contributed by atoms with Crippen LogP contribution in [-0.2, 0) is 14.8 Å². The van der Waals surface area contributed by atoms with Crippen molar-refractivity contribution < 1.29 is 17.9 Å². The Morgan fingerprint density at radius 1 is 1.40 bits per heavy atom. The molecular formula is C13H20N2O4S. The van der Waals surface area contributed by atoms with Gasteiger partial charge in [0.1, 0.15) is 0 Å². The number of rotatable bonds is 6. The molecule has 0 aromatic heterocycles. The van der Waals surface area contributed by atoms with Gasteiger partial charge in [-0.3, -0.25) is 4.79 Å². The maximum atomic E-state index is 12.0. The number of hydrogen-bond acceptors (Lipinski definition) is 4. The minimum atomic E-state index is -3.83. The molecule has 0 heterocycles. The summed E-state index contributed by atoms with van der Waals surface area (Å²) in [5.74, 6) is -0.356. The van der Waals surface area contributed by atoms with Crippen molar-refractivity contribution in [3.63, 3.8) is 0 Å². The van der Waals surface area contributed by atoms with E-state index in [2.05, 4.69) is 5.32 Å². The van der Waals surface area contributed by atoms with Crippen molar-refractivity contribution >= 4 is 15.9 Å². The lowest BCUT2D eigenvalue weighted by Gasteiger charge is -2.14. The van der Waals surface area contributed by atoms with Gasteiger partial charge in [0.2, 0.25) is 10.0 Å². The number of hydrogen-bond donors (Lipinski definition) is 2. The minimum Gasteiger partial charge on any atom is -0.380 e. The van der Waals surface area contributed by atoms with Crippen LogP contribution in [0.4, 0.5) is 0 Å². The normalized spacial score (nSPS) is 13.0. The number of nitrogens with one attached hydrogen (secondary N) is 1. The molecule has 0 saturated heterocycles. The molecule has 6 nitrogen and oxygen atoms in total. The summed E-state index contributed by atoms with van der Waals surface area (Å²) in [7, 11) is -3.83. The first kappa shape index (κ1) is 16.6. The van der Waals surface area contributed by atoms with Crippen LogP contribution in [0.15, 0.2) is 23.1 Å². The first-order valence-electron chi connectivity index (χ1n) is 6.27. The highest BCUT2D eigenvalue weighted by atomic mass is 32.2. The first-order valence-corrected chi connectivity index (χ1v) is 7.81. The third-order valence-corrected chi connectivity index (χ3v) is 3.48. The van der Waals surface area contributed by atoms with Gasteiger partial charge >= 0.3 is 0 Å². The number of aryl methyl sites for hydroxylation is 1. The number of ether oxygens (including phenoxy) is 1. The van der Waals surface area contributed by atoms with Crippen molar-refractivity contribution in [1.82, 2.24) is 5.32 Å². The summed E-state index contributed by atoms with van der Waals surface area (Å²) in [5, 5.41) is 7.82. The quantitative estimate of drug-likeness (QED) is 0.811. The SMILES string of the molecule is CCOCC(C)NC(=O)c1cc(C)cc(S(N)(=O)=O)c1. The zero-order valence-electron chi connectivity index (χ0n) is 11.8. The van der Waals surface area contributed by atoms with Gasteiger partial charge in [0.05, 0.1) is 11.5 Å². The summed E-state index contributed by atoms with van der Waals surface area (Å²) in [4.78, 5) is 12.0. The Kier molecular flexibility index (Phi) is 5.67. The van der Waals surface area contributed by atoms with Crippen molar-refractivity contribution in [2.75, 3.05) is 13.2 Å². The lowest BCUT2D eigenvalue weighted by atomic mass is 10.1. The largest absolute Gasteiger partial charge is 0.380 e. The number of primary sulfonamides is 1. The molecule has 0 radical (unpaired) electrons. The van der Waals surface area contributed by atoms with Crippen LogP contribution in [-0.4, -0.2) is 33.6 Å². The Bertz CT molecular complexity index is 584. The van der Waals surface area contributed by atoms with E-state index in [1.807, 2.05) is 13.8 Å². The van der Waals surface area contributed by atoms with Gasteiger partial charge < -0.3 is 10.1 Å². The topological polar surface area (TPSA) is 98.5 Å². The van der Waals surface area contributed by atoms with E-state index in [1.54, 1.807) is 13.0 Å². The molecule has 0 fully saturated rings. The molecule has 20 heavy (non-hydrogen) atoms. The van der Waals surface area contributed by atoms with E-state index < -0.39 is 10.0 Å². The summed E-state index contributed by atoms with van der Waals surface area (Å²) in [6.45, 7) is 6.35. The molecule has 1 rings (SSSR count). The van der Waals surface area contributed by atoms with Gasteiger partial charge in [0, 0.05) is 18.2 Å². The van der Waals surface area contributed by atoms with Crippen molar-refractivity contribution in [3.05, 3.63) is 29.3 Å². The summed E-state index contributed by atoms with van der Waals surface area (Å²) in [6.07, 6.45) is 0. The van der Waals surface area contributed by atoms with Crippen LogP contribution in [0, 0.1) is 6.92 Å². The van der Waals surface area contributed by atoms with Crippen LogP contribution in [0.25, 0.3) is 0 Å². The molecule has 1 atom stereocenters. The highest BCUT2D eigenvalue weighted by Crippen LogP contribution is 2.13. The third kappa shape index (κ3) is 4.92. The highest BCUT2D eigenvalue weighted by Gasteiger charge is 2.15. The van der Waals surface area contributed by atoms with Crippen molar-refractivity contribution in [2.45, 2.75) is 31.7 Å². The van der Waals surface area contributed by atoms with Gasteiger partial charge in [-0.05, 0) is 44.5 Å². The van der Waals surface area contributed by atoms with Gasteiger partial charge in [0.15, 0.2) is 0 Å². The average Bonchev–Trinajstić information content (AvgIpc) is 2.34. The summed E-state index contributed by atoms with van der Waals surface area (Å²) in [5.41, 5.74) is 0.913. The zero-order chi connectivity index (χ0) is 15.3. The van der Waals surface area contributed by atoms with E-state index in [1.165, 1.54) is 12.1 Å². The maximum absolute atomic E-state index is 12.0. The van der Waals surface area contributed by atoms with Gasteiger partial charge in [-0.25, -0.2) is 13.6 Å². The van der Waals surface area contributed by atoms with Crippen molar-refractivity contribution in [2.24, 2.45) is 5.14 Å². The number of benzene rings is 1. The molecule has 0 bridgehead atoms. The van der Waals surface area contributed by atoms with Crippen molar-refractivity contribution in [1.29, 1.82) is 0 Å². The van der Waals surface area contributed by atoms with Gasteiger partial charge in [-0.15, -0.1) is 0 Å². The van der Waals surface area contributed by atoms with Crippen LogP contribution in [0.5, 0.6) is 0 Å². The summed E-state index contributed by atoms with van der Waals surface area (Å²) in [6, 6.07) is 4.14. The van der Waals surface area contributed by atoms with Crippen LogP contribution in [0.1, 0.15) is 29.8 Å². The molecule has 1 aromatic carbocycles. The Balaban J connectivity index is 2.91. The molecule has 0 aliphatic heterocycles. The first-order chi connectivity index (χ1) is 9.24. The second kappa shape index (κ2) is 6.83. The fourth-order valence-corrected chi connectivity index (χ4v) is 2.33. The number of amides is 1. The molecule has 1 unspecified atom stereocenters. The molecule has 112 valence electrons. The molecule has 7 heteroatoms. The average molecular weight is 300 g/mol. The second-order valence-corrected chi connectivity index (χ2v) is 6.18. The zero-order valence-corrected chi connectivity index (χ0v) is 12.7. The van der Waals surface area contributed by atoms with E-state index in [9.17, 15) is 13.2 Å². The highest BCUT2D eigenvalue weighted by molar-refractivity contribution is 7.89. The van der Waals surface area contributed by atoms with Crippen LogP contribution in [0.2, 0.25) is 0 Å². The lowest BCUT2D eigenvalue weighted by molar-refractivity contribution is 0.0871. The van der Waals surface area contributed by atoms with E-state index in [0.29, 0.717) is 18.8 Å². The molecular weight excluding hydrogens is 280 g/mol. The van der Waals surface area contributed by atoms with Gasteiger partial charge in [0.25, 0.3) is 5.91 Å². The fourth-order valence-electron chi connectivity index (χ4n) is 1.69. The van der Waals surface area contributed by atoms with Gasteiger partial charge in [-0.2, -0.15) is 0 Å². The fraction of sp³-hybridized carbons (Fsp3) is 0.462. The lowest BCUT2D eigenvalue weighted by Crippen LogP contribution is -2.36. The van der Waals surface area contributed by atoms with E-state index >= 15 is 0 Å². The second-order valence-electron chi connectivity index (χ2n) is 4.61. The summed E-state index contributed by atoms with van der Waals surface area (Å²) < 4.78 is 27.9. The molecule has 0 spiro atoms. The third-order valence-electron chi connectivity index (χ3n) is 2.59. The predicted molar refractivity (Wildman–Crippen MR) is 76.0 cm³/mol. The molecule has 1 amide bonds. The summed E-state index contributed by atoms with van der Waals surface area (Å²) >= 11 is 0. The minimum absolute atomic E-state index is 0.0693. The monoisotopic (exact) mass is 300 g/mol. The number of sulfonamides is 1. The number of carbonyl (C=O) groups excluding carboxylic acids is 1. The van der Waals surface area contributed by atoms with Crippen LogP contribution in [0.3, 0.4) is 0 Å². The Hall–Kier alpha value is -1.44. The Labute approximate surface area is 119 Å². The molecule has 0 aliphatic rings. The molecule has 0 saturated carbocycles. The number of carbonyl (C=O) groups is 1. The van der Waals surface area contributed by atoms with E-state index in [-0.39, 0.29) is 22.4 Å².